The van der Waals surface area contributed by atoms with Gasteiger partial charge in [-0.3, -0.25) is 5.10 Å². The third kappa shape index (κ3) is 3.14. The molecule has 8 heteroatoms. The predicted molar refractivity (Wildman–Crippen MR) is 65.3 cm³/mol. The molecule has 0 atom stereocenters. The largest absolute Gasteiger partial charge is 0.308 e. The molecule has 0 unspecified atom stereocenters. The number of nitrogen functional groups attached to an aromatic ring is 1. The first-order valence-electron chi connectivity index (χ1n) is 5.00. The standard InChI is InChI=1S/C9H13N7S/c1-5-3-7(14-10)13-8(11-5)4-17-9-12-6(2)15-16-9/h3H,4,10H2,1-2H3,(H,11,13,14)(H,12,15,16). The van der Waals surface area contributed by atoms with Crippen molar-refractivity contribution in [2.75, 3.05) is 5.43 Å². The molecular weight excluding hydrogens is 238 g/mol. The van der Waals surface area contributed by atoms with E-state index in [0.717, 1.165) is 11.5 Å². The Morgan fingerprint density at radius 1 is 1.35 bits per heavy atom. The van der Waals surface area contributed by atoms with Gasteiger partial charge in [-0.1, -0.05) is 11.8 Å². The van der Waals surface area contributed by atoms with Gasteiger partial charge in [-0.15, -0.1) is 5.10 Å². The zero-order chi connectivity index (χ0) is 12.3. The summed E-state index contributed by atoms with van der Waals surface area (Å²) in [7, 11) is 0. The van der Waals surface area contributed by atoms with E-state index in [1.165, 1.54) is 11.8 Å². The molecule has 0 saturated heterocycles. The molecule has 2 heterocycles. The second-order valence-corrected chi connectivity index (χ2v) is 4.39. The number of nitrogens with one attached hydrogen (secondary N) is 2. The molecule has 0 saturated carbocycles. The minimum absolute atomic E-state index is 0.605. The first-order valence-corrected chi connectivity index (χ1v) is 5.99. The van der Waals surface area contributed by atoms with Crippen molar-refractivity contribution in [2.45, 2.75) is 24.8 Å². The van der Waals surface area contributed by atoms with Gasteiger partial charge in [0.05, 0.1) is 5.75 Å². The highest BCUT2D eigenvalue weighted by Gasteiger charge is 2.05. The maximum Gasteiger partial charge on any atom is 0.208 e. The van der Waals surface area contributed by atoms with Crippen LogP contribution in [0.5, 0.6) is 0 Å². The Morgan fingerprint density at radius 3 is 2.82 bits per heavy atom. The van der Waals surface area contributed by atoms with Crippen molar-refractivity contribution in [1.82, 2.24) is 25.1 Å². The number of rotatable bonds is 4. The lowest BCUT2D eigenvalue weighted by atomic mass is 10.4. The van der Waals surface area contributed by atoms with E-state index in [-0.39, 0.29) is 0 Å². The van der Waals surface area contributed by atoms with Crippen LogP contribution in [0.3, 0.4) is 0 Å². The van der Waals surface area contributed by atoms with Crippen molar-refractivity contribution in [1.29, 1.82) is 0 Å². The Bertz CT molecular complexity index is 510. The molecule has 0 amide bonds. The average molecular weight is 251 g/mol. The lowest BCUT2D eigenvalue weighted by Crippen LogP contribution is -2.10. The zero-order valence-corrected chi connectivity index (χ0v) is 10.4. The third-order valence-corrected chi connectivity index (χ3v) is 2.80. The number of nitrogens with two attached hydrogens (primary N) is 1. The van der Waals surface area contributed by atoms with Crippen LogP contribution in [0.15, 0.2) is 11.2 Å². The van der Waals surface area contributed by atoms with Gasteiger partial charge in [0.2, 0.25) is 5.16 Å². The number of aromatic amines is 1. The zero-order valence-electron chi connectivity index (χ0n) is 9.56. The van der Waals surface area contributed by atoms with E-state index >= 15 is 0 Å². The van der Waals surface area contributed by atoms with Crippen molar-refractivity contribution >= 4 is 17.6 Å². The van der Waals surface area contributed by atoms with Gasteiger partial charge in [-0.05, 0) is 13.8 Å². The average Bonchev–Trinajstić information content (AvgIpc) is 2.72. The molecule has 0 bridgehead atoms. The number of thioether (sulfide) groups is 1. The number of hydrogen-bond acceptors (Lipinski definition) is 7. The molecular formula is C9H13N7S. The van der Waals surface area contributed by atoms with Crippen LogP contribution in [-0.2, 0) is 5.75 Å². The normalized spacial score (nSPS) is 10.5. The van der Waals surface area contributed by atoms with Gasteiger partial charge in [0.1, 0.15) is 17.5 Å². The summed E-state index contributed by atoms with van der Waals surface area (Å²) in [6, 6.07) is 1.78. The molecule has 2 aromatic heterocycles. The van der Waals surface area contributed by atoms with Crippen molar-refractivity contribution in [3.8, 4) is 0 Å². The monoisotopic (exact) mass is 251 g/mol. The Hall–Kier alpha value is -1.67. The van der Waals surface area contributed by atoms with Gasteiger partial charge in [-0.2, -0.15) is 0 Å². The Balaban J connectivity index is 2.05. The number of nitrogens with zero attached hydrogens (tertiary/aromatic N) is 4. The molecule has 0 aliphatic carbocycles. The second-order valence-electron chi connectivity index (χ2n) is 3.45. The van der Waals surface area contributed by atoms with Crippen molar-refractivity contribution in [3.63, 3.8) is 0 Å². The van der Waals surface area contributed by atoms with E-state index in [1.54, 1.807) is 6.07 Å². The molecule has 4 N–H and O–H groups in total. The quantitative estimate of drug-likeness (QED) is 0.419. The summed E-state index contributed by atoms with van der Waals surface area (Å²) in [4.78, 5) is 12.7. The molecule has 0 spiro atoms. The smallest absolute Gasteiger partial charge is 0.208 e. The van der Waals surface area contributed by atoms with E-state index in [0.29, 0.717) is 22.6 Å². The van der Waals surface area contributed by atoms with Crippen LogP contribution < -0.4 is 11.3 Å². The van der Waals surface area contributed by atoms with Gasteiger partial charge in [-0.25, -0.2) is 20.8 Å². The number of aromatic nitrogens is 5. The summed E-state index contributed by atoms with van der Waals surface area (Å²) >= 11 is 1.48. The first kappa shape index (κ1) is 11.8. The summed E-state index contributed by atoms with van der Waals surface area (Å²) in [6.45, 7) is 3.75. The predicted octanol–water partition coefficient (Wildman–Crippen LogP) is 0.789. The van der Waals surface area contributed by atoms with Crippen molar-refractivity contribution in [2.24, 2.45) is 5.84 Å². The first-order chi connectivity index (χ1) is 8.17. The van der Waals surface area contributed by atoms with Crippen molar-refractivity contribution in [3.05, 3.63) is 23.4 Å². The molecule has 2 aromatic rings. The molecule has 17 heavy (non-hydrogen) atoms. The summed E-state index contributed by atoms with van der Waals surface area (Å²) in [5, 5.41) is 7.50. The highest BCUT2D eigenvalue weighted by molar-refractivity contribution is 7.98. The van der Waals surface area contributed by atoms with Crippen LogP contribution in [0.2, 0.25) is 0 Å². The molecule has 0 aliphatic rings. The summed E-state index contributed by atoms with van der Waals surface area (Å²) in [6.07, 6.45) is 0. The maximum absolute atomic E-state index is 5.32. The van der Waals surface area contributed by atoms with Gasteiger partial charge < -0.3 is 5.43 Å². The van der Waals surface area contributed by atoms with E-state index in [4.69, 9.17) is 5.84 Å². The molecule has 7 nitrogen and oxygen atoms in total. The van der Waals surface area contributed by atoms with Gasteiger partial charge >= 0.3 is 0 Å². The van der Waals surface area contributed by atoms with E-state index in [1.807, 2.05) is 13.8 Å². The van der Waals surface area contributed by atoms with Crippen molar-refractivity contribution < 1.29 is 0 Å². The Kier molecular flexibility index (Phi) is 3.55. The fourth-order valence-electron chi connectivity index (χ4n) is 1.28. The molecule has 0 aliphatic heterocycles. The number of H-pyrrole nitrogens is 1. The second kappa shape index (κ2) is 5.11. The number of aryl methyl sites for hydroxylation is 2. The third-order valence-electron chi connectivity index (χ3n) is 1.96. The lowest BCUT2D eigenvalue weighted by molar-refractivity contribution is 0.956. The van der Waals surface area contributed by atoms with Crippen LogP contribution in [0.1, 0.15) is 17.3 Å². The minimum atomic E-state index is 0.605. The molecule has 2 rings (SSSR count). The Labute approximate surface area is 103 Å². The summed E-state index contributed by atoms with van der Waals surface area (Å²) in [5.74, 6) is 8.03. The van der Waals surface area contributed by atoms with Crippen LogP contribution in [-0.4, -0.2) is 25.1 Å². The maximum atomic E-state index is 5.32. The van der Waals surface area contributed by atoms with E-state index < -0.39 is 0 Å². The van der Waals surface area contributed by atoms with Gasteiger partial charge in [0.15, 0.2) is 0 Å². The van der Waals surface area contributed by atoms with Gasteiger partial charge in [0, 0.05) is 11.8 Å². The van der Waals surface area contributed by atoms with E-state index in [9.17, 15) is 0 Å². The number of hydrogen-bond donors (Lipinski definition) is 3. The summed E-state index contributed by atoms with van der Waals surface area (Å²) < 4.78 is 0. The fraction of sp³-hybridized carbons (Fsp3) is 0.333. The summed E-state index contributed by atoms with van der Waals surface area (Å²) in [5.41, 5.74) is 3.38. The van der Waals surface area contributed by atoms with E-state index in [2.05, 4.69) is 30.6 Å². The number of anilines is 1. The molecule has 0 aromatic carbocycles. The molecule has 0 fully saturated rings. The molecule has 0 radical (unpaired) electrons. The number of hydrazine groups is 1. The topological polar surface area (TPSA) is 105 Å². The lowest BCUT2D eigenvalue weighted by Gasteiger charge is -2.03. The van der Waals surface area contributed by atoms with Gasteiger partial charge in [0.25, 0.3) is 0 Å². The highest BCUT2D eigenvalue weighted by atomic mass is 32.2. The Morgan fingerprint density at radius 2 is 2.18 bits per heavy atom. The van der Waals surface area contributed by atoms with Crippen LogP contribution in [0.4, 0.5) is 5.82 Å². The minimum Gasteiger partial charge on any atom is -0.308 e. The molecule has 90 valence electrons. The van der Waals surface area contributed by atoms with Crippen LogP contribution >= 0.6 is 11.8 Å². The SMILES string of the molecule is Cc1cc(NN)nc(CSc2n[nH]c(C)n2)n1. The van der Waals surface area contributed by atoms with Crippen LogP contribution in [0.25, 0.3) is 0 Å². The van der Waals surface area contributed by atoms with Crippen LogP contribution in [0, 0.1) is 13.8 Å². The highest BCUT2D eigenvalue weighted by Crippen LogP contribution is 2.17. The fourth-order valence-corrected chi connectivity index (χ4v) is 1.98.